The van der Waals surface area contributed by atoms with Crippen molar-refractivity contribution in [1.29, 1.82) is 5.26 Å². The van der Waals surface area contributed by atoms with Gasteiger partial charge in [-0.15, -0.1) is 0 Å². The van der Waals surface area contributed by atoms with E-state index in [1.165, 1.54) is 0 Å². The van der Waals surface area contributed by atoms with E-state index in [2.05, 4.69) is 6.07 Å². The van der Waals surface area contributed by atoms with Crippen molar-refractivity contribution in [3.05, 3.63) is 0 Å². The van der Waals surface area contributed by atoms with Crippen LogP contribution < -0.4 is 0 Å². The van der Waals surface area contributed by atoms with Gasteiger partial charge in [0.2, 0.25) is 5.91 Å². The number of hydrogen-bond acceptors (Lipinski definition) is 3. The topological polar surface area (TPSA) is 53.3 Å². The first-order valence-electron chi connectivity index (χ1n) is 5.72. The first-order valence-corrected chi connectivity index (χ1v) is 5.72. The molecule has 0 spiro atoms. The first-order chi connectivity index (χ1) is 7.53. The van der Waals surface area contributed by atoms with Crippen LogP contribution in [0.25, 0.3) is 0 Å². The molecule has 1 saturated carbocycles. The molecule has 1 aliphatic rings. The first kappa shape index (κ1) is 13.0. The van der Waals surface area contributed by atoms with Crippen LogP contribution >= 0.6 is 0 Å². The van der Waals surface area contributed by atoms with Crippen molar-refractivity contribution in [2.45, 2.75) is 38.2 Å². The molecule has 0 heterocycles. The Kier molecular flexibility index (Phi) is 4.31. The summed E-state index contributed by atoms with van der Waals surface area (Å²) in [5, 5.41) is 8.69. The van der Waals surface area contributed by atoms with Gasteiger partial charge in [-0.2, -0.15) is 5.26 Å². The van der Waals surface area contributed by atoms with Gasteiger partial charge in [0, 0.05) is 20.7 Å². The maximum atomic E-state index is 11.9. The summed E-state index contributed by atoms with van der Waals surface area (Å²) in [6.07, 6.45) is 3.52. The van der Waals surface area contributed by atoms with E-state index in [1.807, 2.05) is 6.92 Å². The molecule has 4 nitrogen and oxygen atoms in total. The lowest BCUT2D eigenvalue weighted by Crippen LogP contribution is -2.44. The number of carbonyl (C=O) groups is 1. The highest BCUT2D eigenvalue weighted by Gasteiger charge is 2.39. The van der Waals surface area contributed by atoms with E-state index in [4.69, 9.17) is 10.00 Å². The quantitative estimate of drug-likeness (QED) is 0.712. The number of nitriles is 1. The monoisotopic (exact) mass is 224 g/mol. The van der Waals surface area contributed by atoms with Gasteiger partial charge in [0.25, 0.3) is 0 Å². The molecule has 0 aromatic heterocycles. The molecule has 1 aliphatic carbocycles. The molecule has 1 fully saturated rings. The maximum Gasteiger partial charge on any atom is 0.225 e. The SMILES string of the molecule is COC1(CC(=O)N(C)CC(C)C#N)CCC1. The molecule has 0 saturated heterocycles. The van der Waals surface area contributed by atoms with E-state index in [0.29, 0.717) is 13.0 Å². The van der Waals surface area contributed by atoms with Gasteiger partial charge in [-0.1, -0.05) is 0 Å². The number of carbonyl (C=O) groups excluding carboxylic acids is 1. The largest absolute Gasteiger partial charge is 0.378 e. The van der Waals surface area contributed by atoms with Crippen molar-refractivity contribution in [1.82, 2.24) is 4.90 Å². The van der Waals surface area contributed by atoms with Crippen LogP contribution in [0.5, 0.6) is 0 Å². The summed E-state index contributed by atoms with van der Waals surface area (Å²) in [6.45, 7) is 2.31. The van der Waals surface area contributed by atoms with Crippen molar-refractivity contribution in [2.24, 2.45) is 5.92 Å². The zero-order valence-corrected chi connectivity index (χ0v) is 10.3. The summed E-state index contributed by atoms with van der Waals surface area (Å²) in [6, 6.07) is 2.13. The molecule has 0 radical (unpaired) electrons. The third kappa shape index (κ3) is 2.96. The zero-order chi connectivity index (χ0) is 12.2. The average molecular weight is 224 g/mol. The number of hydrogen-bond donors (Lipinski definition) is 0. The number of rotatable bonds is 5. The predicted octanol–water partition coefficient (Wildman–Crippen LogP) is 1.56. The maximum absolute atomic E-state index is 11.9. The summed E-state index contributed by atoms with van der Waals surface area (Å²) in [7, 11) is 3.42. The standard InChI is InChI=1S/C12H20N2O2/c1-10(8-13)9-14(2)11(15)7-12(16-3)5-4-6-12/h10H,4-7,9H2,1-3H3. The van der Waals surface area contributed by atoms with Crippen molar-refractivity contribution in [3.8, 4) is 6.07 Å². The second-order valence-corrected chi connectivity index (χ2v) is 4.72. The third-order valence-corrected chi connectivity index (χ3v) is 3.37. The minimum Gasteiger partial charge on any atom is -0.378 e. The molecule has 16 heavy (non-hydrogen) atoms. The predicted molar refractivity (Wildman–Crippen MR) is 60.6 cm³/mol. The minimum atomic E-state index is -0.221. The summed E-state index contributed by atoms with van der Waals surface area (Å²) in [5.41, 5.74) is -0.221. The van der Waals surface area contributed by atoms with E-state index < -0.39 is 0 Å². The van der Waals surface area contributed by atoms with Gasteiger partial charge in [0.1, 0.15) is 0 Å². The van der Waals surface area contributed by atoms with Crippen LogP contribution in [-0.2, 0) is 9.53 Å². The molecular weight excluding hydrogens is 204 g/mol. The summed E-state index contributed by atoms with van der Waals surface area (Å²) < 4.78 is 5.41. The Morgan fingerprint density at radius 3 is 2.62 bits per heavy atom. The van der Waals surface area contributed by atoms with E-state index in [-0.39, 0.29) is 17.4 Å². The molecule has 0 N–H and O–H groups in total. The Morgan fingerprint density at radius 1 is 1.62 bits per heavy atom. The van der Waals surface area contributed by atoms with E-state index in [0.717, 1.165) is 19.3 Å². The van der Waals surface area contributed by atoms with Crippen molar-refractivity contribution in [3.63, 3.8) is 0 Å². The lowest BCUT2D eigenvalue weighted by atomic mass is 9.77. The van der Waals surface area contributed by atoms with Gasteiger partial charge in [-0.25, -0.2) is 0 Å². The molecule has 4 heteroatoms. The number of nitrogens with zero attached hydrogens (tertiary/aromatic N) is 2. The second kappa shape index (κ2) is 5.31. The highest BCUT2D eigenvalue weighted by molar-refractivity contribution is 5.77. The molecule has 0 aromatic carbocycles. The molecule has 0 aromatic rings. The van der Waals surface area contributed by atoms with Crippen LogP contribution in [-0.4, -0.2) is 37.1 Å². The molecule has 1 rings (SSSR count). The lowest BCUT2D eigenvalue weighted by molar-refractivity contribution is -0.143. The van der Waals surface area contributed by atoms with Crippen LogP contribution in [0.15, 0.2) is 0 Å². The highest BCUT2D eigenvalue weighted by atomic mass is 16.5. The average Bonchev–Trinajstić information content (AvgIpc) is 2.22. The molecule has 1 amide bonds. The lowest BCUT2D eigenvalue weighted by Gasteiger charge is -2.40. The Balaban J connectivity index is 2.42. The van der Waals surface area contributed by atoms with Gasteiger partial charge >= 0.3 is 0 Å². The molecular formula is C12H20N2O2. The second-order valence-electron chi connectivity index (χ2n) is 4.72. The third-order valence-electron chi connectivity index (χ3n) is 3.37. The highest BCUT2D eigenvalue weighted by Crippen LogP contribution is 2.38. The van der Waals surface area contributed by atoms with Crippen LogP contribution in [0, 0.1) is 17.2 Å². The summed E-state index contributed by atoms with van der Waals surface area (Å²) in [4.78, 5) is 13.5. The Morgan fingerprint density at radius 2 is 2.25 bits per heavy atom. The van der Waals surface area contributed by atoms with Gasteiger partial charge in [0.05, 0.1) is 24.0 Å². The fourth-order valence-electron chi connectivity index (χ4n) is 1.99. The fraction of sp³-hybridized carbons (Fsp3) is 0.833. The molecule has 0 bridgehead atoms. The van der Waals surface area contributed by atoms with Crippen molar-refractivity contribution in [2.75, 3.05) is 20.7 Å². The van der Waals surface area contributed by atoms with Gasteiger partial charge in [-0.3, -0.25) is 4.79 Å². The molecule has 90 valence electrons. The van der Waals surface area contributed by atoms with Gasteiger partial charge < -0.3 is 9.64 Å². The van der Waals surface area contributed by atoms with Crippen LogP contribution in [0.3, 0.4) is 0 Å². The fourth-order valence-corrected chi connectivity index (χ4v) is 1.99. The summed E-state index contributed by atoms with van der Waals surface area (Å²) in [5.74, 6) is -0.0440. The summed E-state index contributed by atoms with van der Waals surface area (Å²) >= 11 is 0. The smallest absolute Gasteiger partial charge is 0.225 e. The van der Waals surface area contributed by atoms with E-state index in [1.54, 1.807) is 19.1 Å². The molecule has 1 unspecified atom stereocenters. The van der Waals surface area contributed by atoms with Crippen LogP contribution in [0.1, 0.15) is 32.6 Å². The Labute approximate surface area is 97.2 Å². The van der Waals surface area contributed by atoms with E-state index >= 15 is 0 Å². The van der Waals surface area contributed by atoms with Crippen molar-refractivity contribution >= 4 is 5.91 Å². The Hall–Kier alpha value is -1.08. The van der Waals surface area contributed by atoms with Crippen LogP contribution in [0.4, 0.5) is 0 Å². The zero-order valence-electron chi connectivity index (χ0n) is 10.3. The normalized spacial score (nSPS) is 19.4. The number of amides is 1. The molecule has 1 atom stereocenters. The molecule has 0 aliphatic heterocycles. The minimum absolute atomic E-state index is 0.0728. The van der Waals surface area contributed by atoms with E-state index in [9.17, 15) is 4.79 Å². The number of ether oxygens (including phenoxy) is 1. The van der Waals surface area contributed by atoms with Crippen molar-refractivity contribution < 1.29 is 9.53 Å². The van der Waals surface area contributed by atoms with Gasteiger partial charge in [0.15, 0.2) is 0 Å². The number of methoxy groups -OCH3 is 1. The van der Waals surface area contributed by atoms with Gasteiger partial charge in [-0.05, 0) is 26.2 Å². The Bertz CT molecular complexity index is 286. The van der Waals surface area contributed by atoms with Crippen LogP contribution in [0.2, 0.25) is 0 Å².